The molecule has 0 aliphatic heterocycles. The Kier molecular flexibility index (Phi) is 10.0. The zero-order chi connectivity index (χ0) is 30.3. The molecule has 1 N–H and O–H groups in total. The first-order chi connectivity index (χ1) is 20.1. The molecule has 2 amide bonds. The topological polar surface area (TPSA) is 86.8 Å². The maximum Gasteiger partial charge on any atom is 0.264 e. The Morgan fingerprint density at radius 3 is 2.00 bits per heavy atom. The van der Waals surface area contributed by atoms with Gasteiger partial charge in [0.15, 0.2) is 0 Å². The number of carbonyl (C=O) groups is 2. The standard InChI is InChI=1S/C33H34ClN3O4S/c1-24-14-17-29(18-15-24)42(40,41)37(30-19-16-28(34)20-25(30)2)23-32(38)36(22-27-12-8-5-9-13-27)31(33(39)35-3)21-26-10-6-4-7-11-26/h4-20,31H,21-23H2,1-3H3,(H,35,39)/t31-/m0/s1. The molecule has 0 aromatic heterocycles. The Balaban J connectivity index is 1.80. The first-order valence-electron chi connectivity index (χ1n) is 13.5. The van der Waals surface area contributed by atoms with Gasteiger partial charge < -0.3 is 10.2 Å². The molecule has 1 atom stereocenters. The van der Waals surface area contributed by atoms with Crippen molar-refractivity contribution in [3.05, 3.63) is 130 Å². The molecular formula is C33H34ClN3O4S. The predicted octanol–water partition coefficient (Wildman–Crippen LogP) is 5.54. The summed E-state index contributed by atoms with van der Waals surface area (Å²) < 4.78 is 29.3. The molecule has 0 radical (unpaired) electrons. The minimum absolute atomic E-state index is 0.0528. The number of anilines is 1. The third-order valence-corrected chi connectivity index (χ3v) is 9.04. The lowest BCUT2D eigenvalue weighted by molar-refractivity contribution is -0.139. The number of likely N-dealkylation sites (N-methyl/N-ethyl adjacent to an activating group) is 1. The average molecular weight is 604 g/mol. The van der Waals surface area contributed by atoms with Crippen molar-refractivity contribution in [2.75, 3.05) is 17.9 Å². The minimum Gasteiger partial charge on any atom is -0.357 e. The number of amides is 2. The number of aryl methyl sites for hydroxylation is 2. The summed E-state index contributed by atoms with van der Waals surface area (Å²) in [5.41, 5.74) is 3.50. The molecule has 0 bridgehead atoms. The lowest BCUT2D eigenvalue weighted by Gasteiger charge is -2.34. The van der Waals surface area contributed by atoms with Crippen molar-refractivity contribution in [1.29, 1.82) is 0 Å². The van der Waals surface area contributed by atoms with Crippen LogP contribution in [-0.2, 0) is 32.6 Å². The van der Waals surface area contributed by atoms with Gasteiger partial charge in [-0.05, 0) is 60.9 Å². The Bertz CT molecular complexity index is 1630. The van der Waals surface area contributed by atoms with E-state index in [4.69, 9.17) is 11.6 Å². The van der Waals surface area contributed by atoms with Crippen molar-refractivity contribution in [2.45, 2.75) is 37.8 Å². The molecule has 0 fully saturated rings. The van der Waals surface area contributed by atoms with Crippen LogP contribution in [0.3, 0.4) is 0 Å². The maximum atomic E-state index is 14.3. The van der Waals surface area contributed by atoms with Gasteiger partial charge in [0.25, 0.3) is 10.0 Å². The molecule has 42 heavy (non-hydrogen) atoms. The van der Waals surface area contributed by atoms with E-state index >= 15 is 0 Å². The average Bonchev–Trinajstić information content (AvgIpc) is 2.98. The smallest absolute Gasteiger partial charge is 0.264 e. The number of halogens is 1. The number of benzene rings is 4. The van der Waals surface area contributed by atoms with Crippen LogP contribution in [0.4, 0.5) is 5.69 Å². The summed E-state index contributed by atoms with van der Waals surface area (Å²) in [6.07, 6.45) is 0.254. The normalized spacial score (nSPS) is 11.9. The van der Waals surface area contributed by atoms with Gasteiger partial charge in [-0.15, -0.1) is 0 Å². The van der Waals surface area contributed by atoms with Gasteiger partial charge in [-0.25, -0.2) is 8.42 Å². The summed E-state index contributed by atoms with van der Waals surface area (Å²) in [4.78, 5) is 29.1. The Morgan fingerprint density at radius 1 is 0.833 bits per heavy atom. The van der Waals surface area contributed by atoms with Crippen LogP contribution in [0.15, 0.2) is 108 Å². The number of hydrogen-bond acceptors (Lipinski definition) is 4. The van der Waals surface area contributed by atoms with Crippen LogP contribution in [0.1, 0.15) is 22.3 Å². The highest BCUT2D eigenvalue weighted by atomic mass is 35.5. The van der Waals surface area contributed by atoms with Crippen LogP contribution in [0.25, 0.3) is 0 Å². The summed E-state index contributed by atoms with van der Waals surface area (Å²) in [6, 6.07) is 29.2. The molecule has 0 saturated heterocycles. The van der Waals surface area contributed by atoms with Gasteiger partial charge in [-0.2, -0.15) is 0 Å². The number of sulfonamides is 1. The number of hydrogen-bond donors (Lipinski definition) is 1. The molecule has 4 rings (SSSR count). The van der Waals surface area contributed by atoms with Crippen LogP contribution in [0.2, 0.25) is 5.02 Å². The molecule has 4 aromatic carbocycles. The summed E-state index contributed by atoms with van der Waals surface area (Å²) >= 11 is 6.20. The fraction of sp³-hybridized carbons (Fsp3) is 0.212. The van der Waals surface area contributed by atoms with Gasteiger partial charge in [-0.1, -0.05) is 90.0 Å². The first kappa shape index (κ1) is 30.8. The number of carbonyl (C=O) groups excluding carboxylic acids is 2. The third-order valence-electron chi connectivity index (χ3n) is 7.03. The Labute approximate surface area is 252 Å². The first-order valence-corrected chi connectivity index (χ1v) is 15.4. The zero-order valence-corrected chi connectivity index (χ0v) is 25.4. The van der Waals surface area contributed by atoms with E-state index in [1.54, 1.807) is 37.3 Å². The van der Waals surface area contributed by atoms with Crippen molar-refractivity contribution in [2.24, 2.45) is 0 Å². The summed E-state index contributed by atoms with van der Waals surface area (Å²) in [6.45, 7) is 3.21. The second-order valence-corrected chi connectivity index (χ2v) is 12.4. The maximum absolute atomic E-state index is 14.3. The molecule has 4 aromatic rings. The Hall–Kier alpha value is -4.14. The molecule has 218 valence electrons. The van der Waals surface area contributed by atoms with Crippen LogP contribution in [0.5, 0.6) is 0 Å². The molecule has 0 aliphatic rings. The zero-order valence-electron chi connectivity index (χ0n) is 23.8. The van der Waals surface area contributed by atoms with Gasteiger partial charge in [0.05, 0.1) is 10.6 Å². The van der Waals surface area contributed by atoms with Crippen molar-refractivity contribution < 1.29 is 18.0 Å². The van der Waals surface area contributed by atoms with Crippen LogP contribution in [0, 0.1) is 13.8 Å². The summed E-state index contributed by atoms with van der Waals surface area (Å²) in [5, 5.41) is 3.14. The van der Waals surface area contributed by atoms with Crippen molar-refractivity contribution in [1.82, 2.24) is 10.2 Å². The fourth-order valence-electron chi connectivity index (χ4n) is 4.75. The molecular weight excluding hydrogens is 570 g/mol. The van der Waals surface area contributed by atoms with E-state index in [0.29, 0.717) is 16.3 Å². The SMILES string of the molecule is CNC(=O)[C@H](Cc1ccccc1)N(Cc1ccccc1)C(=O)CN(c1ccc(Cl)cc1C)S(=O)(=O)c1ccc(C)cc1. The molecule has 0 spiro atoms. The van der Waals surface area contributed by atoms with E-state index in [1.165, 1.54) is 24.1 Å². The fourth-order valence-corrected chi connectivity index (χ4v) is 6.46. The van der Waals surface area contributed by atoms with Crippen LogP contribution in [-0.4, -0.2) is 44.8 Å². The third kappa shape index (κ3) is 7.38. The van der Waals surface area contributed by atoms with Crippen LogP contribution < -0.4 is 9.62 Å². The van der Waals surface area contributed by atoms with E-state index in [9.17, 15) is 18.0 Å². The highest BCUT2D eigenvalue weighted by Crippen LogP contribution is 2.30. The molecule has 0 saturated carbocycles. The summed E-state index contributed by atoms with van der Waals surface area (Å²) in [5.74, 6) is -0.868. The number of nitrogens with one attached hydrogen (secondary N) is 1. The number of rotatable bonds is 11. The molecule has 7 nitrogen and oxygen atoms in total. The molecule has 0 heterocycles. The van der Waals surface area contributed by atoms with E-state index in [1.807, 2.05) is 67.6 Å². The number of nitrogens with zero attached hydrogens (tertiary/aromatic N) is 2. The second-order valence-electron chi connectivity index (χ2n) is 10.1. The lowest BCUT2D eigenvalue weighted by atomic mass is 10.0. The Morgan fingerprint density at radius 2 is 1.43 bits per heavy atom. The van der Waals surface area contributed by atoms with E-state index < -0.39 is 28.5 Å². The second kappa shape index (κ2) is 13.7. The highest BCUT2D eigenvalue weighted by Gasteiger charge is 2.34. The van der Waals surface area contributed by atoms with Crippen LogP contribution >= 0.6 is 11.6 Å². The molecule has 0 aliphatic carbocycles. The largest absolute Gasteiger partial charge is 0.357 e. The predicted molar refractivity (Wildman–Crippen MR) is 167 cm³/mol. The molecule has 0 unspecified atom stereocenters. The van der Waals surface area contributed by atoms with Crippen molar-refractivity contribution in [3.8, 4) is 0 Å². The quantitative estimate of drug-likeness (QED) is 0.244. The van der Waals surface area contributed by atoms with Gasteiger partial charge in [0, 0.05) is 25.0 Å². The van der Waals surface area contributed by atoms with E-state index in [2.05, 4.69) is 5.32 Å². The van der Waals surface area contributed by atoms with E-state index in [-0.39, 0.29) is 23.8 Å². The lowest BCUT2D eigenvalue weighted by Crippen LogP contribution is -2.53. The van der Waals surface area contributed by atoms with Gasteiger partial charge in [-0.3, -0.25) is 13.9 Å². The monoisotopic (exact) mass is 603 g/mol. The minimum atomic E-state index is -4.18. The van der Waals surface area contributed by atoms with E-state index in [0.717, 1.165) is 21.0 Å². The van der Waals surface area contributed by atoms with Crippen molar-refractivity contribution in [3.63, 3.8) is 0 Å². The van der Waals surface area contributed by atoms with Crippen molar-refractivity contribution >= 4 is 39.1 Å². The van der Waals surface area contributed by atoms with Gasteiger partial charge >= 0.3 is 0 Å². The summed E-state index contributed by atoms with van der Waals surface area (Å²) in [7, 11) is -2.65. The highest BCUT2D eigenvalue weighted by molar-refractivity contribution is 7.92. The van der Waals surface area contributed by atoms with Gasteiger partial charge in [0.2, 0.25) is 11.8 Å². The molecule has 9 heteroatoms. The van der Waals surface area contributed by atoms with Gasteiger partial charge in [0.1, 0.15) is 12.6 Å².